The number of fused-ring (bicyclic) bond motifs is 3. The number of benzene rings is 1. The van der Waals surface area contributed by atoms with Gasteiger partial charge in [-0.3, -0.25) is 0 Å². The molecule has 0 atom stereocenters. The summed E-state index contributed by atoms with van der Waals surface area (Å²) < 4.78 is 11.9. The first kappa shape index (κ1) is 25.2. The molecule has 0 radical (unpaired) electrons. The van der Waals surface area contributed by atoms with Gasteiger partial charge in [0.2, 0.25) is 0 Å². The lowest BCUT2D eigenvalue weighted by atomic mass is 10.3. The van der Waals surface area contributed by atoms with E-state index in [4.69, 9.17) is 9.47 Å². The number of amides is 2. The molecule has 170 valence electrons. The van der Waals surface area contributed by atoms with Crippen LogP contribution in [-0.4, -0.2) is 50.2 Å². The van der Waals surface area contributed by atoms with Gasteiger partial charge >= 0.3 is 12.2 Å². The average molecular weight is 529 g/mol. The average Bonchev–Trinajstić information content (AvgIpc) is 3.42. The maximum absolute atomic E-state index is 12.5. The van der Waals surface area contributed by atoms with Crippen LogP contribution in [0.25, 0.3) is 0 Å². The van der Waals surface area contributed by atoms with Gasteiger partial charge in [-0.1, -0.05) is 47.0 Å². The highest BCUT2D eigenvalue weighted by Gasteiger charge is 2.40. The van der Waals surface area contributed by atoms with Gasteiger partial charge in [0.1, 0.15) is 35.4 Å². The van der Waals surface area contributed by atoms with E-state index in [9.17, 15) is 30.6 Å². The Morgan fingerprint density at radius 3 is 1.18 bits per heavy atom. The zero-order valence-electron chi connectivity index (χ0n) is 17.9. The van der Waals surface area contributed by atoms with Crippen molar-refractivity contribution in [1.29, 1.82) is 21.0 Å². The molecule has 1 aromatic rings. The van der Waals surface area contributed by atoms with Crippen molar-refractivity contribution in [2.24, 2.45) is 0 Å². The summed E-state index contributed by atoms with van der Waals surface area (Å²) in [5.41, 5.74) is -0.254. The van der Waals surface area contributed by atoms with Crippen molar-refractivity contribution in [3.05, 3.63) is 19.6 Å². The summed E-state index contributed by atoms with van der Waals surface area (Å²) in [6, 6.07) is 7.37. The number of nitriles is 4. The summed E-state index contributed by atoms with van der Waals surface area (Å²) >= 11 is 4.34. The van der Waals surface area contributed by atoms with Crippen LogP contribution in [0.4, 0.5) is 9.59 Å². The van der Waals surface area contributed by atoms with Crippen LogP contribution in [0.2, 0.25) is 0 Å². The largest absolute Gasteiger partial charge is 0.414 e. The highest BCUT2D eigenvalue weighted by molar-refractivity contribution is 8.26. The lowest BCUT2D eigenvalue weighted by Crippen LogP contribution is -2.28. The minimum Gasteiger partial charge on any atom is -0.405 e. The first-order valence-corrected chi connectivity index (χ1v) is 12.3. The number of thioether (sulfide) groups is 4. The summed E-state index contributed by atoms with van der Waals surface area (Å²) in [5.74, 6) is -0.120. The maximum Gasteiger partial charge on any atom is 0.414 e. The van der Waals surface area contributed by atoms with Crippen LogP contribution in [0, 0.1) is 45.3 Å². The fraction of sp³-hybridized carbons (Fsp3) is 0.200. The third kappa shape index (κ3) is 4.63. The van der Waals surface area contributed by atoms with Crippen molar-refractivity contribution < 1.29 is 19.1 Å². The number of hydrogen-bond donors (Lipinski definition) is 0. The molecule has 3 rings (SSSR count). The van der Waals surface area contributed by atoms with Crippen molar-refractivity contribution in [2.45, 2.75) is 19.6 Å². The lowest BCUT2D eigenvalue weighted by Gasteiger charge is -2.19. The Morgan fingerprint density at radius 2 is 0.912 bits per heavy atom. The van der Waals surface area contributed by atoms with Gasteiger partial charge in [0.25, 0.3) is 0 Å². The van der Waals surface area contributed by atoms with Crippen molar-refractivity contribution in [3.8, 4) is 35.8 Å². The topological polar surface area (TPSA) is 154 Å². The number of nitrogens with zero attached hydrogens (tertiary/aromatic N) is 6. The summed E-state index contributed by atoms with van der Waals surface area (Å²) in [7, 11) is 5.93. The third-order valence-corrected chi connectivity index (χ3v) is 9.34. The van der Waals surface area contributed by atoms with Crippen LogP contribution in [0.15, 0.2) is 39.2 Å². The molecule has 0 N–H and O–H groups in total. The Bertz CT molecular complexity index is 1220. The number of rotatable bonds is 2. The van der Waals surface area contributed by atoms with Gasteiger partial charge < -0.3 is 19.3 Å². The van der Waals surface area contributed by atoms with E-state index in [0.717, 1.165) is 47.0 Å². The number of hydrogen-bond acceptors (Lipinski definition) is 12. The van der Waals surface area contributed by atoms with Gasteiger partial charge in [-0.05, 0) is 0 Å². The number of carbonyl (C=O) groups excluding carboxylic acids is 2. The van der Waals surface area contributed by atoms with Crippen LogP contribution in [0.5, 0.6) is 11.5 Å². The van der Waals surface area contributed by atoms with E-state index in [-0.39, 0.29) is 22.6 Å². The van der Waals surface area contributed by atoms with Crippen LogP contribution in [-0.2, 0) is 0 Å². The van der Waals surface area contributed by atoms with Gasteiger partial charge in [-0.25, -0.2) is 9.59 Å². The van der Waals surface area contributed by atoms with Gasteiger partial charge in [0.05, 0.1) is 18.3 Å². The molecule has 0 spiro atoms. The quantitative estimate of drug-likeness (QED) is 0.488. The van der Waals surface area contributed by atoms with E-state index in [0.29, 0.717) is 28.1 Å². The van der Waals surface area contributed by atoms with E-state index < -0.39 is 12.2 Å². The number of allylic oxidation sites excluding steroid dienone is 2. The smallest absolute Gasteiger partial charge is 0.405 e. The number of carbonyl (C=O) groups is 2. The third-order valence-electron chi connectivity index (χ3n) is 3.98. The predicted octanol–water partition coefficient (Wildman–Crippen LogP) is 4.72. The lowest BCUT2D eigenvalue weighted by molar-refractivity contribution is 0.158. The minimum absolute atomic E-state index is 0.0600. The van der Waals surface area contributed by atoms with Crippen molar-refractivity contribution in [1.82, 2.24) is 9.80 Å². The molecule has 10 nitrogen and oxygen atoms in total. The second-order valence-corrected chi connectivity index (χ2v) is 11.3. The fourth-order valence-corrected chi connectivity index (χ4v) is 7.71. The van der Waals surface area contributed by atoms with Gasteiger partial charge in [-0.2, -0.15) is 21.0 Å². The SMILES string of the molecule is CN(C)C(=O)Oc1c(OC(=O)N(C)C)c2c(c3c1SC(=C(C#N)C#N)S3)SC(=C(C#N)C#N)S2. The van der Waals surface area contributed by atoms with Crippen LogP contribution in [0.3, 0.4) is 0 Å². The zero-order chi connectivity index (χ0) is 25.2. The Balaban J connectivity index is 2.34. The van der Waals surface area contributed by atoms with E-state index in [1.54, 1.807) is 0 Å². The van der Waals surface area contributed by atoms with Crippen molar-refractivity contribution in [2.75, 3.05) is 28.2 Å². The molecule has 34 heavy (non-hydrogen) atoms. The number of ether oxygens (including phenoxy) is 2. The Kier molecular flexibility index (Phi) is 7.61. The molecule has 0 fully saturated rings. The van der Waals surface area contributed by atoms with Crippen molar-refractivity contribution >= 4 is 59.2 Å². The van der Waals surface area contributed by atoms with Crippen LogP contribution in [0.1, 0.15) is 0 Å². The molecule has 0 saturated heterocycles. The Hall–Kier alpha value is -3.40. The van der Waals surface area contributed by atoms with Gasteiger partial charge in [0.15, 0.2) is 11.5 Å². The van der Waals surface area contributed by atoms with E-state index in [1.165, 1.54) is 38.0 Å². The second-order valence-electron chi connectivity index (χ2n) is 6.68. The van der Waals surface area contributed by atoms with E-state index in [1.807, 2.05) is 24.3 Å². The fourth-order valence-electron chi connectivity index (χ4n) is 2.38. The van der Waals surface area contributed by atoms with E-state index >= 15 is 0 Å². The molecule has 0 aromatic heterocycles. The van der Waals surface area contributed by atoms with Gasteiger partial charge in [-0.15, -0.1) is 0 Å². The predicted molar refractivity (Wildman–Crippen MR) is 126 cm³/mol. The van der Waals surface area contributed by atoms with Crippen molar-refractivity contribution in [3.63, 3.8) is 0 Å². The molecule has 14 heteroatoms. The first-order chi connectivity index (χ1) is 16.2. The van der Waals surface area contributed by atoms with Crippen LogP contribution < -0.4 is 9.47 Å². The Labute approximate surface area is 211 Å². The molecule has 2 amide bonds. The molecule has 0 bridgehead atoms. The molecule has 2 heterocycles. The summed E-state index contributed by atoms with van der Waals surface area (Å²) in [6.45, 7) is 0. The first-order valence-electron chi connectivity index (χ1n) is 8.99. The Morgan fingerprint density at radius 1 is 0.618 bits per heavy atom. The monoisotopic (exact) mass is 528 g/mol. The van der Waals surface area contributed by atoms with Gasteiger partial charge in [0, 0.05) is 38.0 Å². The summed E-state index contributed by atoms with van der Waals surface area (Å²) in [4.78, 5) is 29.2. The normalized spacial score (nSPS) is 12.8. The highest BCUT2D eigenvalue weighted by Crippen LogP contribution is 2.68. The maximum atomic E-state index is 12.5. The molecule has 2 aliphatic rings. The second kappa shape index (κ2) is 10.3. The van der Waals surface area contributed by atoms with E-state index in [2.05, 4.69) is 0 Å². The molecule has 0 saturated carbocycles. The highest BCUT2D eigenvalue weighted by atomic mass is 32.2. The van der Waals surface area contributed by atoms with Crippen LogP contribution >= 0.6 is 47.0 Å². The minimum atomic E-state index is -0.741. The molecular weight excluding hydrogens is 517 g/mol. The zero-order valence-corrected chi connectivity index (χ0v) is 21.2. The molecular formula is C20H12N6O4S4. The molecule has 0 aliphatic carbocycles. The summed E-state index contributed by atoms with van der Waals surface area (Å²) in [6.07, 6.45) is -1.48. The molecule has 1 aromatic carbocycles. The summed E-state index contributed by atoms with van der Waals surface area (Å²) in [5, 5.41) is 37.4. The molecule has 2 aliphatic heterocycles. The molecule has 0 unspecified atom stereocenters. The standard InChI is InChI=1S/C20H12N6O4S4/c1-25(2)19(27)29-11-12(30-20(28)26(3)4)14-16(34-18(32-14)10(7-23)8-24)15-13(11)31-17(33-15)9(5-21)6-22/h1-4H3.